The van der Waals surface area contributed by atoms with Gasteiger partial charge in [0.25, 0.3) is 0 Å². The lowest BCUT2D eigenvalue weighted by molar-refractivity contribution is -0.125. The normalized spacial score (nSPS) is 15.7. The van der Waals surface area contributed by atoms with Crippen LogP contribution in [0, 0.1) is 5.92 Å². The Bertz CT molecular complexity index is 1260. The smallest absolute Gasteiger partial charge is 0.224 e. The second kappa shape index (κ2) is 11.0. The number of hydrogen-bond acceptors (Lipinski definition) is 6. The number of hydrogen-bond donors (Lipinski definition) is 1. The second-order valence-corrected chi connectivity index (χ2v) is 9.91. The number of thiazole rings is 1. The molecule has 5 rings (SSSR count). The number of nitrogens with one attached hydrogen (secondary N) is 1. The van der Waals surface area contributed by atoms with Crippen molar-refractivity contribution >= 4 is 34.7 Å². The molecule has 1 atom stereocenters. The Kier molecular flexibility index (Phi) is 7.35. The van der Waals surface area contributed by atoms with E-state index in [1.165, 1.54) is 0 Å². The number of carbonyl (C=O) groups excluding carboxylic acids is 1. The van der Waals surface area contributed by atoms with E-state index in [0.717, 1.165) is 59.1 Å². The highest BCUT2D eigenvalue weighted by Gasteiger charge is 2.26. The first kappa shape index (κ1) is 23.5. The van der Waals surface area contributed by atoms with Crippen molar-refractivity contribution in [1.82, 2.24) is 20.5 Å². The molecule has 8 heteroatoms. The molecule has 1 aliphatic rings. The predicted molar refractivity (Wildman–Crippen MR) is 142 cm³/mol. The molecule has 6 nitrogen and oxygen atoms in total. The summed E-state index contributed by atoms with van der Waals surface area (Å²) in [4.78, 5) is 19.7. The molecule has 1 saturated heterocycles. The van der Waals surface area contributed by atoms with Crippen LogP contribution >= 0.6 is 22.9 Å². The van der Waals surface area contributed by atoms with Gasteiger partial charge in [0.2, 0.25) is 5.91 Å². The number of nitrogens with zero attached hydrogens (tertiary/aromatic N) is 4. The highest BCUT2D eigenvalue weighted by molar-refractivity contribution is 7.13. The minimum Gasteiger partial charge on any atom is -0.355 e. The number of benzene rings is 2. The van der Waals surface area contributed by atoms with E-state index in [0.29, 0.717) is 18.1 Å². The quantitative estimate of drug-likeness (QED) is 0.361. The first-order chi connectivity index (χ1) is 17.2. The molecule has 178 valence electrons. The molecule has 2 aromatic heterocycles. The molecule has 1 fully saturated rings. The zero-order chi connectivity index (χ0) is 24.0. The number of carbonyl (C=O) groups is 1. The Morgan fingerprint density at radius 2 is 1.86 bits per heavy atom. The first-order valence-corrected chi connectivity index (χ1v) is 13.0. The molecular weight excluding hydrogens is 478 g/mol. The van der Waals surface area contributed by atoms with Crippen molar-refractivity contribution in [2.24, 2.45) is 5.92 Å². The number of halogens is 1. The van der Waals surface area contributed by atoms with E-state index in [9.17, 15) is 4.79 Å². The Hall–Kier alpha value is -3.29. The predicted octanol–water partition coefficient (Wildman–Crippen LogP) is 5.50. The van der Waals surface area contributed by atoms with Gasteiger partial charge in [-0.25, -0.2) is 4.98 Å². The van der Waals surface area contributed by atoms with Crippen molar-refractivity contribution in [1.29, 1.82) is 0 Å². The van der Waals surface area contributed by atoms with Crippen molar-refractivity contribution in [2.45, 2.75) is 19.3 Å². The summed E-state index contributed by atoms with van der Waals surface area (Å²) in [6.45, 7) is 2.11. The van der Waals surface area contributed by atoms with Gasteiger partial charge in [0.1, 0.15) is 5.01 Å². The molecule has 35 heavy (non-hydrogen) atoms. The van der Waals surface area contributed by atoms with E-state index in [-0.39, 0.29) is 11.8 Å². The van der Waals surface area contributed by atoms with Crippen LogP contribution in [0.1, 0.15) is 18.5 Å². The van der Waals surface area contributed by atoms with Crippen LogP contribution in [0.5, 0.6) is 0 Å². The van der Waals surface area contributed by atoms with Crippen molar-refractivity contribution < 1.29 is 4.79 Å². The van der Waals surface area contributed by atoms with Gasteiger partial charge < -0.3 is 10.2 Å². The van der Waals surface area contributed by atoms with Crippen molar-refractivity contribution in [3.8, 4) is 21.8 Å². The lowest BCUT2D eigenvalue weighted by Crippen LogP contribution is -2.43. The first-order valence-electron chi connectivity index (χ1n) is 11.8. The van der Waals surface area contributed by atoms with Gasteiger partial charge in [-0.05, 0) is 37.1 Å². The van der Waals surface area contributed by atoms with Crippen LogP contribution < -0.4 is 10.2 Å². The van der Waals surface area contributed by atoms with Gasteiger partial charge >= 0.3 is 0 Å². The molecule has 0 saturated carbocycles. The topological polar surface area (TPSA) is 71.0 Å². The minimum absolute atomic E-state index is 0.0585. The number of anilines is 1. The van der Waals surface area contributed by atoms with Crippen LogP contribution in [0.2, 0.25) is 5.02 Å². The second-order valence-electron chi connectivity index (χ2n) is 8.62. The number of rotatable bonds is 7. The average Bonchev–Trinajstić information content (AvgIpc) is 3.39. The summed E-state index contributed by atoms with van der Waals surface area (Å²) in [5, 5.41) is 15.7. The van der Waals surface area contributed by atoms with Gasteiger partial charge in [0, 0.05) is 47.6 Å². The highest BCUT2D eigenvalue weighted by atomic mass is 35.5. The molecule has 0 bridgehead atoms. The molecular formula is C27H26ClN5OS. The van der Waals surface area contributed by atoms with E-state index in [2.05, 4.69) is 37.9 Å². The Morgan fingerprint density at radius 1 is 1.03 bits per heavy atom. The molecule has 4 aromatic rings. The Balaban J connectivity index is 1.13. The maximum absolute atomic E-state index is 12.9. The summed E-state index contributed by atoms with van der Waals surface area (Å²) in [5.74, 6) is 0.840. The van der Waals surface area contributed by atoms with Gasteiger partial charge in [-0.2, -0.15) is 0 Å². The van der Waals surface area contributed by atoms with E-state index < -0.39 is 0 Å². The fraction of sp³-hybridized carbons (Fsp3) is 0.259. The van der Waals surface area contributed by atoms with Crippen LogP contribution in [0.25, 0.3) is 21.8 Å². The van der Waals surface area contributed by atoms with Gasteiger partial charge in [-0.1, -0.05) is 54.1 Å². The van der Waals surface area contributed by atoms with Gasteiger partial charge in [0.05, 0.1) is 17.3 Å². The molecule has 2 aromatic carbocycles. The zero-order valence-corrected chi connectivity index (χ0v) is 20.8. The maximum atomic E-state index is 12.9. The Morgan fingerprint density at radius 3 is 2.63 bits per heavy atom. The molecule has 0 aliphatic carbocycles. The molecule has 1 aliphatic heterocycles. The average molecular weight is 504 g/mol. The summed E-state index contributed by atoms with van der Waals surface area (Å²) < 4.78 is 0. The molecule has 0 radical (unpaired) electrons. The van der Waals surface area contributed by atoms with Crippen LogP contribution in [0.15, 0.2) is 72.1 Å². The van der Waals surface area contributed by atoms with Gasteiger partial charge in [-0.15, -0.1) is 21.5 Å². The zero-order valence-electron chi connectivity index (χ0n) is 19.2. The molecule has 0 spiro atoms. The highest BCUT2D eigenvalue weighted by Crippen LogP contribution is 2.25. The van der Waals surface area contributed by atoms with Crippen molar-refractivity contribution in [3.05, 3.63) is 82.8 Å². The molecule has 3 heterocycles. The summed E-state index contributed by atoms with van der Waals surface area (Å²) in [6.07, 6.45) is 2.56. The standard InChI is InChI=1S/C27H26ClN5OS/c28-22-10-8-19(9-11-22)24-12-13-25(32-31-24)33-16-4-7-21(17-33)26(34)29-15-14-23-18-35-27(30-23)20-5-2-1-3-6-20/h1-3,5-6,8-13,18,21H,4,7,14-17H2,(H,29,34). The summed E-state index contributed by atoms with van der Waals surface area (Å²) in [7, 11) is 0. The van der Waals surface area contributed by atoms with E-state index >= 15 is 0 Å². The van der Waals surface area contributed by atoms with Crippen LogP contribution in [0.4, 0.5) is 5.82 Å². The van der Waals surface area contributed by atoms with Crippen LogP contribution in [-0.2, 0) is 11.2 Å². The van der Waals surface area contributed by atoms with Crippen molar-refractivity contribution in [3.63, 3.8) is 0 Å². The third-order valence-corrected chi connectivity index (χ3v) is 7.35. The van der Waals surface area contributed by atoms with Gasteiger partial charge in [-0.3, -0.25) is 4.79 Å². The lowest BCUT2D eigenvalue weighted by atomic mass is 9.97. The van der Waals surface area contributed by atoms with E-state index in [1.54, 1.807) is 11.3 Å². The monoisotopic (exact) mass is 503 g/mol. The molecule has 1 amide bonds. The number of piperidine rings is 1. The van der Waals surface area contributed by atoms with Crippen molar-refractivity contribution in [2.75, 3.05) is 24.5 Å². The van der Waals surface area contributed by atoms with Crippen LogP contribution in [-0.4, -0.2) is 40.7 Å². The lowest BCUT2D eigenvalue weighted by Gasteiger charge is -2.32. The van der Waals surface area contributed by atoms with Crippen LogP contribution in [0.3, 0.4) is 0 Å². The summed E-state index contributed by atoms with van der Waals surface area (Å²) >= 11 is 7.61. The van der Waals surface area contributed by atoms with E-state index in [4.69, 9.17) is 16.6 Å². The Labute approximate surface area is 214 Å². The third-order valence-electron chi connectivity index (χ3n) is 6.16. The third kappa shape index (κ3) is 5.86. The minimum atomic E-state index is -0.0585. The largest absolute Gasteiger partial charge is 0.355 e. The van der Waals surface area contributed by atoms with E-state index in [1.807, 2.05) is 54.6 Å². The molecule has 1 N–H and O–H groups in total. The number of aromatic nitrogens is 3. The summed E-state index contributed by atoms with van der Waals surface area (Å²) in [5.41, 5.74) is 3.91. The molecule has 1 unspecified atom stereocenters. The van der Waals surface area contributed by atoms with Gasteiger partial charge in [0.15, 0.2) is 5.82 Å². The SMILES string of the molecule is O=C(NCCc1csc(-c2ccccc2)n1)C1CCCN(c2ccc(-c3ccc(Cl)cc3)nn2)C1. The number of amides is 1. The fourth-order valence-corrected chi connectivity index (χ4v) is 5.25. The fourth-order valence-electron chi connectivity index (χ4n) is 4.26. The summed E-state index contributed by atoms with van der Waals surface area (Å²) in [6, 6.07) is 21.7. The maximum Gasteiger partial charge on any atom is 0.224 e.